The van der Waals surface area contributed by atoms with Crippen molar-refractivity contribution in [2.24, 2.45) is 0 Å². The second-order valence-electron chi connectivity index (χ2n) is 2.78. The SMILES string of the molecule is CC(=O)c1ncsc1C(C)C. The van der Waals surface area contributed by atoms with Gasteiger partial charge in [-0.3, -0.25) is 4.79 Å². The molecule has 0 aromatic carbocycles. The van der Waals surface area contributed by atoms with Crippen molar-refractivity contribution in [3.63, 3.8) is 0 Å². The highest BCUT2D eigenvalue weighted by atomic mass is 32.1. The van der Waals surface area contributed by atoms with Gasteiger partial charge in [0.15, 0.2) is 5.78 Å². The van der Waals surface area contributed by atoms with E-state index in [0.717, 1.165) is 4.88 Å². The van der Waals surface area contributed by atoms with Crippen LogP contribution in [0.1, 0.15) is 42.1 Å². The minimum atomic E-state index is 0.0648. The Hall–Kier alpha value is -0.700. The van der Waals surface area contributed by atoms with E-state index in [1.165, 1.54) is 0 Å². The van der Waals surface area contributed by atoms with E-state index in [-0.39, 0.29) is 5.78 Å². The van der Waals surface area contributed by atoms with Gasteiger partial charge in [0.25, 0.3) is 0 Å². The molecular weight excluding hydrogens is 158 g/mol. The Morgan fingerprint density at radius 1 is 1.64 bits per heavy atom. The van der Waals surface area contributed by atoms with E-state index in [9.17, 15) is 4.79 Å². The molecule has 0 spiro atoms. The lowest BCUT2D eigenvalue weighted by Gasteiger charge is -2.00. The number of rotatable bonds is 2. The van der Waals surface area contributed by atoms with Crippen LogP contribution in [-0.4, -0.2) is 10.8 Å². The van der Waals surface area contributed by atoms with E-state index in [0.29, 0.717) is 11.6 Å². The summed E-state index contributed by atoms with van der Waals surface area (Å²) >= 11 is 1.55. The molecule has 3 heteroatoms. The number of ketones is 1. The number of hydrogen-bond donors (Lipinski definition) is 0. The van der Waals surface area contributed by atoms with Gasteiger partial charge in [0.1, 0.15) is 5.69 Å². The van der Waals surface area contributed by atoms with Gasteiger partial charge in [0.2, 0.25) is 0 Å². The average Bonchev–Trinajstić information content (AvgIpc) is 2.32. The first-order valence-electron chi connectivity index (χ1n) is 3.57. The largest absolute Gasteiger partial charge is 0.293 e. The normalized spacial score (nSPS) is 10.5. The van der Waals surface area contributed by atoms with Gasteiger partial charge in [-0.2, -0.15) is 0 Å². The summed E-state index contributed by atoms with van der Waals surface area (Å²) in [6.45, 7) is 5.70. The first kappa shape index (κ1) is 8.40. The Bertz CT molecular complexity index is 265. The van der Waals surface area contributed by atoms with E-state index >= 15 is 0 Å². The third-order valence-corrected chi connectivity index (χ3v) is 2.58. The van der Waals surface area contributed by atoms with Crippen molar-refractivity contribution in [3.05, 3.63) is 16.1 Å². The van der Waals surface area contributed by atoms with Crippen molar-refractivity contribution in [2.75, 3.05) is 0 Å². The van der Waals surface area contributed by atoms with Gasteiger partial charge in [-0.15, -0.1) is 11.3 Å². The maximum absolute atomic E-state index is 11.0. The second kappa shape index (κ2) is 3.13. The van der Waals surface area contributed by atoms with Crippen molar-refractivity contribution < 1.29 is 4.79 Å². The summed E-state index contributed by atoms with van der Waals surface area (Å²) in [5.74, 6) is 0.469. The molecule has 0 N–H and O–H groups in total. The fraction of sp³-hybridized carbons (Fsp3) is 0.500. The Balaban J connectivity index is 3.06. The molecule has 2 nitrogen and oxygen atoms in total. The molecule has 0 saturated carbocycles. The molecule has 0 fully saturated rings. The fourth-order valence-corrected chi connectivity index (χ4v) is 1.78. The quantitative estimate of drug-likeness (QED) is 0.636. The van der Waals surface area contributed by atoms with Crippen molar-refractivity contribution in [2.45, 2.75) is 26.7 Å². The molecule has 11 heavy (non-hydrogen) atoms. The van der Waals surface area contributed by atoms with Crippen LogP contribution >= 0.6 is 11.3 Å². The Morgan fingerprint density at radius 3 is 2.64 bits per heavy atom. The fourth-order valence-electron chi connectivity index (χ4n) is 0.929. The van der Waals surface area contributed by atoms with Crippen molar-refractivity contribution >= 4 is 17.1 Å². The van der Waals surface area contributed by atoms with E-state index in [1.807, 2.05) is 0 Å². The molecule has 0 aliphatic rings. The number of Topliss-reactive ketones (excluding diaryl/α,β-unsaturated/α-hetero) is 1. The van der Waals surface area contributed by atoms with Gasteiger partial charge < -0.3 is 0 Å². The van der Waals surface area contributed by atoms with Crippen molar-refractivity contribution in [1.29, 1.82) is 0 Å². The smallest absolute Gasteiger partial charge is 0.179 e. The molecule has 1 rings (SSSR count). The number of hydrogen-bond acceptors (Lipinski definition) is 3. The zero-order valence-corrected chi connectivity index (χ0v) is 7.73. The summed E-state index contributed by atoms with van der Waals surface area (Å²) in [5.41, 5.74) is 2.37. The van der Waals surface area contributed by atoms with Crippen LogP contribution in [0.4, 0.5) is 0 Å². The van der Waals surface area contributed by atoms with Gasteiger partial charge >= 0.3 is 0 Å². The van der Waals surface area contributed by atoms with Crippen molar-refractivity contribution in [1.82, 2.24) is 4.98 Å². The molecule has 0 bridgehead atoms. The highest BCUT2D eigenvalue weighted by Crippen LogP contribution is 2.23. The number of thiazole rings is 1. The maximum Gasteiger partial charge on any atom is 0.179 e. The number of aromatic nitrogens is 1. The van der Waals surface area contributed by atoms with E-state index in [4.69, 9.17) is 0 Å². The third-order valence-electron chi connectivity index (χ3n) is 1.45. The molecule has 0 amide bonds. The highest BCUT2D eigenvalue weighted by molar-refractivity contribution is 7.10. The van der Waals surface area contributed by atoms with Crippen LogP contribution in [0.5, 0.6) is 0 Å². The molecular formula is C8H11NOS. The highest BCUT2D eigenvalue weighted by Gasteiger charge is 2.12. The minimum Gasteiger partial charge on any atom is -0.293 e. The molecule has 1 heterocycles. The van der Waals surface area contributed by atoms with Crippen LogP contribution in [0.2, 0.25) is 0 Å². The number of carbonyl (C=O) groups excluding carboxylic acids is 1. The van der Waals surface area contributed by atoms with Gasteiger partial charge in [-0.05, 0) is 5.92 Å². The first-order valence-corrected chi connectivity index (χ1v) is 4.45. The summed E-state index contributed by atoms with van der Waals surface area (Å²) < 4.78 is 0. The summed E-state index contributed by atoms with van der Waals surface area (Å²) in [5, 5.41) is 0. The topological polar surface area (TPSA) is 30.0 Å². The zero-order valence-electron chi connectivity index (χ0n) is 6.92. The summed E-state index contributed by atoms with van der Waals surface area (Å²) in [7, 11) is 0. The third kappa shape index (κ3) is 1.66. The van der Waals surface area contributed by atoms with Crippen LogP contribution in [0.15, 0.2) is 5.51 Å². The lowest BCUT2D eigenvalue weighted by Crippen LogP contribution is -1.98. The number of nitrogens with zero attached hydrogens (tertiary/aromatic N) is 1. The second-order valence-corrected chi connectivity index (χ2v) is 3.66. The minimum absolute atomic E-state index is 0.0648. The van der Waals surface area contributed by atoms with Crippen LogP contribution in [0.25, 0.3) is 0 Å². The number of carbonyl (C=O) groups is 1. The van der Waals surface area contributed by atoms with E-state index in [2.05, 4.69) is 18.8 Å². The Morgan fingerprint density at radius 2 is 2.27 bits per heavy atom. The van der Waals surface area contributed by atoms with Crippen LogP contribution in [0, 0.1) is 0 Å². The summed E-state index contributed by atoms with van der Waals surface area (Å²) in [4.78, 5) is 16.1. The van der Waals surface area contributed by atoms with Crippen LogP contribution in [0.3, 0.4) is 0 Å². The van der Waals surface area contributed by atoms with Gasteiger partial charge in [0, 0.05) is 11.8 Å². The summed E-state index contributed by atoms with van der Waals surface area (Å²) in [6, 6.07) is 0. The van der Waals surface area contributed by atoms with Gasteiger partial charge in [-0.1, -0.05) is 13.8 Å². The molecule has 0 aliphatic heterocycles. The zero-order chi connectivity index (χ0) is 8.43. The van der Waals surface area contributed by atoms with Crippen LogP contribution < -0.4 is 0 Å². The monoisotopic (exact) mass is 169 g/mol. The lowest BCUT2D eigenvalue weighted by atomic mass is 10.1. The predicted molar refractivity (Wildman–Crippen MR) is 46.2 cm³/mol. The molecule has 1 aromatic rings. The van der Waals surface area contributed by atoms with Crippen LogP contribution in [-0.2, 0) is 0 Å². The molecule has 0 unspecified atom stereocenters. The average molecular weight is 169 g/mol. The Kier molecular flexibility index (Phi) is 2.39. The predicted octanol–water partition coefficient (Wildman–Crippen LogP) is 2.47. The van der Waals surface area contributed by atoms with Gasteiger partial charge in [-0.25, -0.2) is 4.98 Å². The molecule has 0 atom stereocenters. The standard InChI is InChI=1S/C8H11NOS/c1-5(2)8-7(6(3)10)9-4-11-8/h4-5H,1-3H3. The molecule has 0 saturated heterocycles. The van der Waals surface area contributed by atoms with E-state index < -0.39 is 0 Å². The maximum atomic E-state index is 11.0. The summed E-state index contributed by atoms with van der Waals surface area (Å²) in [6.07, 6.45) is 0. The van der Waals surface area contributed by atoms with Gasteiger partial charge in [0.05, 0.1) is 5.51 Å². The van der Waals surface area contributed by atoms with E-state index in [1.54, 1.807) is 23.8 Å². The Labute approximate surface area is 70.3 Å². The lowest BCUT2D eigenvalue weighted by molar-refractivity contribution is 0.101. The van der Waals surface area contributed by atoms with Crippen molar-refractivity contribution in [3.8, 4) is 0 Å². The molecule has 0 aliphatic carbocycles. The first-order chi connectivity index (χ1) is 5.13. The molecule has 60 valence electrons. The molecule has 1 aromatic heterocycles. The molecule has 0 radical (unpaired) electrons.